The van der Waals surface area contributed by atoms with Crippen molar-refractivity contribution in [3.63, 3.8) is 0 Å². The molecule has 18 heavy (non-hydrogen) atoms. The van der Waals surface area contributed by atoms with Gasteiger partial charge in [0.05, 0.1) is 11.7 Å². The Morgan fingerprint density at radius 3 is 2.94 bits per heavy atom. The number of nitrogens with one attached hydrogen (secondary N) is 1. The lowest BCUT2D eigenvalue weighted by molar-refractivity contribution is 0.0247. The molecule has 0 radical (unpaired) electrons. The highest BCUT2D eigenvalue weighted by Gasteiger charge is 2.14. The van der Waals surface area contributed by atoms with Gasteiger partial charge < -0.3 is 15.2 Å². The molecule has 2 rings (SSSR count). The van der Waals surface area contributed by atoms with E-state index in [1.54, 1.807) is 18.2 Å². The number of benzene rings is 1. The molecule has 1 aliphatic rings. The maximum atomic E-state index is 10.8. The lowest BCUT2D eigenvalue weighted by atomic mass is 10.1. The molecule has 0 spiro atoms. The molecule has 0 amide bonds. The largest absolute Gasteiger partial charge is 0.478 e. The molecular weight excluding hydrogens is 298 g/mol. The number of hydrogen-bond donors (Lipinski definition) is 2. The van der Waals surface area contributed by atoms with Gasteiger partial charge in [-0.1, -0.05) is 0 Å². The summed E-state index contributed by atoms with van der Waals surface area (Å²) in [4.78, 5) is 10.8. The van der Waals surface area contributed by atoms with Crippen molar-refractivity contribution in [2.24, 2.45) is 0 Å². The molecule has 5 heteroatoms. The second-order valence-corrected chi connectivity index (χ2v) is 5.22. The number of rotatable bonds is 4. The molecule has 1 saturated heterocycles. The number of carboxylic acids is 1. The predicted octanol–water partition coefficient (Wildman–Crippen LogP) is 3.13. The van der Waals surface area contributed by atoms with E-state index in [1.165, 1.54) is 6.42 Å². The average molecular weight is 314 g/mol. The van der Waals surface area contributed by atoms with Crippen LogP contribution in [0.25, 0.3) is 0 Å². The summed E-state index contributed by atoms with van der Waals surface area (Å²) in [6.45, 7) is 1.59. The van der Waals surface area contributed by atoms with Crippen LogP contribution < -0.4 is 5.32 Å². The molecule has 1 fully saturated rings. The summed E-state index contributed by atoms with van der Waals surface area (Å²) in [6.07, 6.45) is 3.70. The number of hydrogen-bond acceptors (Lipinski definition) is 3. The molecule has 0 saturated carbocycles. The van der Waals surface area contributed by atoms with Gasteiger partial charge in [-0.25, -0.2) is 4.79 Å². The molecule has 1 aromatic rings. The van der Waals surface area contributed by atoms with Gasteiger partial charge in [0.25, 0.3) is 0 Å². The second kappa shape index (κ2) is 6.20. The molecule has 4 nitrogen and oxygen atoms in total. The molecule has 0 bridgehead atoms. The van der Waals surface area contributed by atoms with Crippen molar-refractivity contribution < 1.29 is 14.6 Å². The van der Waals surface area contributed by atoms with Crippen molar-refractivity contribution in [2.45, 2.75) is 25.4 Å². The Balaban J connectivity index is 1.94. The maximum absolute atomic E-state index is 10.8. The number of aromatic carboxylic acids is 1. The Morgan fingerprint density at radius 1 is 1.50 bits per heavy atom. The highest BCUT2D eigenvalue weighted by atomic mass is 79.9. The molecule has 1 aliphatic heterocycles. The number of carbonyl (C=O) groups is 1. The van der Waals surface area contributed by atoms with E-state index in [9.17, 15) is 4.79 Å². The third kappa shape index (κ3) is 3.46. The van der Waals surface area contributed by atoms with Crippen LogP contribution in [-0.2, 0) is 4.74 Å². The first kappa shape index (κ1) is 13.4. The van der Waals surface area contributed by atoms with Crippen LogP contribution in [0.15, 0.2) is 22.7 Å². The van der Waals surface area contributed by atoms with Gasteiger partial charge in [0, 0.05) is 23.3 Å². The van der Waals surface area contributed by atoms with Gasteiger partial charge in [-0.05, 0) is 53.4 Å². The molecule has 1 heterocycles. The van der Waals surface area contributed by atoms with Crippen LogP contribution in [0.4, 0.5) is 5.69 Å². The zero-order valence-corrected chi connectivity index (χ0v) is 11.6. The molecule has 0 aromatic heterocycles. The monoisotopic (exact) mass is 313 g/mol. The van der Waals surface area contributed by atoms with Crippen LogP contribution in [0, 0.1) is 0 Å². The molecule has 1 atom stereocenters. The number of anilines is 1. The van der Waals surface area contributed by atoms with E-state index < -0.39 is 5.97 Å². The quantitative estimate of drug-likeness (QED) is 0.896. The molecular formula is C13H16BrNO3. The van der Waals surface area contributed by atoms with Gasteiger partial charge >= 0.3 is 5.97 Å². The summed E-state index contributed by atoms with van der Waals surface area (Å²) < 4.78 is 6.39. The van der Waals surface area contributed by atoms with E-state index in [1.807, 2.05) is 0 Å². The molecule has 1 aromatic carbocycles. The van der Waals surface area contributed by atoms with Gasteiger partial charge in [-0.2, -0.15) is 0 Å². The predicted molar refractivity (Wildman–Crippen MR) is 73.2 cm³/mol. The second-order valence-electron chi connectivity index (χ2n) is 4.37. The Hall–Kier alpha value is -1.07. The van der Waals surface area contributed by atoms with E-state index in [-0.39, 0.29) is 11.7 Å². The molecule has 98 valence electrons. The summed E-state index contributed by atoms with van der Waals surface area (Å²) in [5.41, 5.74) is 1.18. The first-order valence-corrected chi connectivity index (χ1v) is 6.84. The standard InChI is InChI=1S/C13H16BrNO3/c14-11-7-9(13(16)17)4-5-12(11)15-8-10-3-1-2-6-18-10/h4-5,7,10,15H,1-3,6,8H2,(H,16,17). The van der Waals surface area contributed by atoms with Gasteiger partial charge in [-0.15, -0.1) is 0 Å². The lowest BCUT2D eigenvalue weighted by Crippen LogP contribution is -2.27. The summed E-state index contributed by atoms with van der Waals surface area (Å²) in [5.74, 6) is -0.919. The zero-order chi connectivity index (χ0) is 13.0. The highest BCUT2D eigenvalue weighted by Crippen LogP contribution is 2.24. The van der Waals surface area contributed by atoms with Crippen molar-refractivity contribution in [2.75, 3.05) is 18.5 Å². The number of ether oxygens (including phenoxy) is 1. The summed E-state index contributed by atoms with van der Waals surface area (Å²) in [7, 11) is 0. The van der Waals surface area contributed by atoms with Crippen LogP contribution in [0.3, 0.4) is 0 Å². The van der Waals surface area contributed by atoms with Crippen molar-refractivity contribution in [3.05, 3.63) is 28.2 Å². The van der Waals surface area contributed by atoms with Gasteiger partial charge in [0.1, 0.15) is 0 Å². The van der Waals surface area contributed by atoms with Gasteiger partial charge in [0.2, 0.25) is 0 Å². The summed E-state index contributed by atoms with van der Waals surface area (Å²) >= 11 is 3.37. The Bertz CT molecular complexity index is 430. The van der Waals surface area contributed by atoms with E-state index in [0.717, 1.165) is 36.2 Å². The van der Waals surface area contributed by atoms with Crippen molar-refractivity contribution in [1.29, 1.82) is 0 Å². The minimum Gasteiger partial charge on any atom is -0.478 e. The van der Waals surface area contributed by atoms with Crippen LogP contribution in [0.1, 0.15) is 29.6 Å². The normalized spacial score (nSPS) is 19.5. The minimum atomic E-state index is -0.919. The van der Waals surface area contributed by atoms with E-state index in [4.69, 9.17) is 9.84 Å². The molecule has 0 aliphatic carbocycles. The highest BCUT2D eigenvalue weighted by molar-refractivity contribution is 9.10. The molecule has 1 unspecified atom stereocenters. The summed E-state index contributed by atoms with van der Waals surface area (Å²) in [5, 5.41) is 12.2. The van der Waals surface area contributed by atoms with Crippen LogP contribution in [-0.4, -0.2) is 30.3 Å². The SMILES string of the molecule is O=C(O)c1ccc(NCC2CCCCO2)c(Br)c1. The molecule has 2 N–H and O–H groups in total. The third-order valence-corrected chi connectivity index (χ3v) is 3.67. The number of halogens is 1. The number of carboxylic acid groups (broad SMARTS) is 1. The minimum absolute atomic E-state index is 0.254. The Labute approximate surface area is 114 Å². The fourth-order valence-electron chi connectivity index (χ4n) is 1.98. The Kier molecular flexibility index (Phi) is 4.60. The fourth-order valence-corrected chi connectivity index (χ4v) is 2.50. The van der Waals surface area contributed by atoms with E-state index in [0.29, 0.717) is 0 Å². The first-order valence-electron chi connectivity index (χ1n) is 6.05. The van der Waals surface area contributed by atoms with Crippen LogP contribution in [0.2, 0.25) is 0 Å². The van der Waals surface area contributed by atoms with Gasteiger partial charge in [0.15, 0.2) is 0 Å². The Morgan fingerprint density at radius 2 is 2.33 bits per heavy atom. The average Bonchev–Trinajstić information content (AvgIpc) is 2.38. The maximum Gasteiger partial charge on any atom is 0.335 e. The van der Waals surface area contributed by atoms with Crippen molar-refractivity contribution >= 4 is 27.6 Å². The van der Waals surface area contributed by atoms with Crippen molar-refractivity contribution in [3.8, 4) is 0 Å². The summed E-state index contributed by atoms with van der Waals surface area (Å²) in [6, 6.07) is 4.97. The van der Waals surface area contributed by atoms with Crippen LogP contribution >= 0.6 is 15.9 Å². The van der Waals surface area contributed by atoms with Gasteiger partial charge in [-0.3, -0.25) is 0 Å². The lowest BCUT2D eigenvalue weighted by Gasteiger charge is -2.23. The van der Waals surface area contributed by atoms with Crippen LogP contribution in [0.5, 0.6) is 0 Å². The fraction of sp³-hybridized carbons (Fsp3) is 0.462. The third-order valence-electron chi connectivity index (χ3n) is 3.01. The van der Waals surface area contributed by atoms with Crippen molar-refractivity contribution in [1.82, 2.24) is 0 Å². The van der Waals surface area contributed by atoms with E-state index in [2.05, 4.69) is 21.2 Å². The van der Waals surface area contributed by atoms with E-state index >= 15 is 0 Å². The first-order chi connectivity index (χ1) is 8.66. The smallest absolute Gasteiger partial charge is 0.335 e. The zero-order valence-electron chi connectivity index (χ0n) is 9.99. The topological polar surface area (TPSA) is 58.6 Å².